The molecule has 3 aromatic rings. The molecule has 1 aromatic carbocycles. The Morgan fingerprint density at radius 2 is 2.03 bits per heavy atom. The molecule has 0 aliphatic carbocycles. The van der Waals surface area contributed by atoms with Crippen LogP contribution in [-0.4, -0.2) is 67.3 Å². The van der Waals surface area contributed by atoms with Gasteiger partial charge in [-0.2, -0.15) is 5.09 Å². The molecule has 3 heterocycles. The summed E-state index contributed by atoms with van der Waals surface area (Å²) in [5.74, 6) is 1.92. The molecule has 0 amide bonds. The molecular weight excluding hydrogens is 529 g/mol. The highest BCUT2D eigenvalue weighted by Crippen LogP contribution is 2.47. The highest BCUT2D eigenvalue weighted by atomic mass is 31.2. The number of esters is 1. The number of hydrogen-bond acceptors (Lipinski definition) is 11. The normalized spacial score (nSPS) is 25.2. The Hall–Kier alpha value is -3.50. The van der Waals surface area contributed by atoms with E-state index in [1.54, 1.807) is 50.2 Å². The largest absolute Gasteiger partial charge is 0.462 e. The van der Waals surface area contributed by atoms with Gasteiger partial charge in [-0.1, -0.05) is 24.1 Å². The van der Waals surface area contributed by atoms with Gasteiger partial charge in [-0.05, 0) is 39.0 Å². The molecule has 1 fully saturated rings. The number of terminal acetylenes is 1. The molecule has 14 heteroatoms. The third kappa shape index (κ3) is 5.91. The van der Waals surface area contributed by atoms with Crippen LogP contribution in [0.2, 0.25) is 0 Å². The van der Waals surface area contributed by atoms with Crippen molar-refractivity contribution in [1.29, 1.82) is 0 Å². The number of nitrogens with two attached hydrogens (primary N) is 1. The fourth-order valence-electron chi connectivity index (χ4n) is 4.02. The summed E-state index contributed by atoms with van der Waals surface area (Å²) in [5.41, 5.74) is 4.00. The standard InChI is InChI=1S/C25H30N5O8P/c1-5-25(33)20(31)19(37-24(25)30-12-11-18-21(26)27-14-28-22(18)30)13-35-39(34,38-17-9-7-6-8-10-17)29-16(4)23(32)36-15(2)3/h1,6-12,14-16,19-20,24,31,33H,13H2,2-4H3,(H,29,34)(H2,26,27,28)/t16-,19+,20+,24+,25+,39-/m0/s1. The molecule has 1 aliphatic heterocycles. The number of anilines is 1. The molecule has 4 rings (SSSR count). The molecule has 6 atom stereocenters. The van der Waals surface area contributed by atoms with Crippen LogP contribution in [0.5, 0.6) is 5.75 Å². The second-order valence-corrected chi connectivity index (χ2v) is 10.9. The van der Waals surface area contributed by atoms with Gasteiger partial charge < -0.3 is 34.5 Å². The topological polar surface area (TPSA) is 180 Å². The minimum absolute atomic E-state index is 0.194. The van der Waals surface area contributed by atoms with Crippen LogP contribution in [0.1, 0.15) is 27.0 Å². The molecule has 0 bridgehead atoms. The zero-order valence-electron chi connectivity index (χ0n) is 21.5. The molecule has 208 valence electrons. The van der Waals surface area contributed by atoms with Crippen LogP contribution in [0.15, 0.2) is 48.9 Å². The van der Waals surface area contributed by atoms with Gasteiger partial charge in [0, 0.05) is 6.20 Å². The van der Waals surface area contributed by atoms with Gasteiger partial charge in [-0.15, -0.1) is 6.42 Å². The number of aliphatic hydroxyl groups is 2. The van der Waals surface area contributed by atoms with E-state index in [0.29, 0.717) is 11.0 Å². The summed E-state index contributed by atoms with van der Waals surface area (Å²) in [4.78, 5) is 20.5. The number of carbonyl (C=O) groups is 1. The molecule has 1 aliphatic rings. The number of ether oxygens (including phenoxy) is 2. The Kier molecular flexibility index (Phi) is 8.27. The second-order valence-electron chi connectivity index (χ2n) is 9.19. The van der Waals surface area contributed by atoms with Crippen molar-refractivity contribution in [3.8, 4) is 18.1 Å². The molecule has 0 radical (unpaired) electrons. The van der Waals surface area contributed by atoms with Crippen LogP contribution in [0.25, 0.3) is 11.0 Å². The lowest BCUT2D eigenvalue weighted by Crippen LogP contribution is -2.46. The first-order valence-corrected chi connectivity index (χ1v) is 13.6. The van der Waals surface area contributed by atoms with Gasteiger partial charge in [-0.3, -0.25) is 9.32 Å². The lowest BCUT2D eigenvalue weighted by Gasteiger charge is -2.26. The van der Waals surface area contributed by atoms with Crippen LogP contribution < -0.4 is 15.3 Å². The fourth-order valence-corrected chi connectivity index (χ4v) is 5.53. The first-order chi connectivity index (χ1) is 18.5. The summed E-state index contributed by atoms with van der Waals surface area (Å²) in [5, 5.41) is 25.2. The number of nitrogen functional groups attached to an aromatic ring is 1. The van der Waals surface area contributed by atoms with Crippen molar-refractivity contribution in [3.05, 3.63) is 48.9 Å². The molecule has 0 saturated carbocycles. The van der Waals surface area contributed by atoms with Crippen molar-refractivity contribution < 1.29 is 38.1 Å². The maximum atomic E-state index is 13.8. The fraction of sp³-hybridized carbons (Fsp3) is 0.400. The van der Waals surface area contributed by atoms with E-state index in [4.69, 9.17) is 30.7 Å². The predicted octanol–water partition coefficient (Wildman–Crippen LogP) is 1.77. The van der Waals surface area contributed by atoms with E-state index < -0.39 is 56.5 Å². The van der Waals surface area contributed by atoms with Crippen molar-refractivity contribution in [2.45, 2.75) is 57.0 Å². The Morgan fingerprint density at radius 1 is 1.31 bits per heavy atom. The van der Waals surface area contributed by atoms with E-state index in [2.05, 4.69) is 21.0 Å². The Balaban J connectivity index is 1.57. The van der Waals surface area contributed by atoms with Gasteiger partial charge in [0.2, 0.25) is 0 Å². The zero-order valence-corrected chi connectivity index (χ0v) is 22.4. The summed E-state index contributed by atoms with van der Waals surface area (Å²) in [6, 6.07) is 8.70. The van der Waals surface area contributed by atoms with Gasteiger partial charge in [0.1, 0.15) is 41.8 Å². The molecular formula is C25H30N5O8P. The quantitative estimate of drug-likeness (QED) is 0.161. The lowest BCUT2D eigenvalue weighted by molar-refractivity contribution is -0.149. The molecule has 1 saturated heterocycles. The van der Waals surface area contributed by atoms with E-state index >= 15 is 0 Å². The second kappa shape index (κ2) is 11.3. The van der Waals surface area contributed by atoms with Crippen LogP contribution in [0.3, 0.4) is 0 Å². The van der Waals surface area contributed by atoms with Crippen molar-refractivity contribution >= 4 is 30.6 Å². The van der Waals surface area contributed by atoms with Crippen LogP contribution in [-0.2, 0) is 23.4 Å². The average molecular weight is 560 g/mol. The van der Waals surface area contributed by atoms with Gasteiger partial charge in [0.15, 0.2) is 11.8 Å². The number of fused-ring (bicyclic) bond motifs is 1. The summed E-state index contributed by atoms with van der Waals surface area (Å²) >= 11 is 0. The van der Waals surface area contributed by atoms with Crippen LogP contribution in [0.4, 0.5) is 5.82 Å². The minimum atomic E-state index is -4.27. The molecule has 5 N–H and O–H groups in total. The third-order valence-corrected chi connectivity index (χ3v) is 7.59. The van der Waals surface area contributed by atoms with Crippen molar-refractivity contribution in [3.63, 3.8) is 0 Å². The van der Waals surface area contributed by atoms with Gasteiger partial charge in [0.05, 0.1) is 18.1 Å². The lowest BCUT2D eigenvalue weighted by atomic mass is 9.95. The third-order valence-electron chi connectivity index (χ3n) is 5.94. The van der Waals surface area contributed by atoms with E-state index in [-0.39, 0.29) is 11.6 Å². The average Bonchev–Trinajstić information content (AvgIpc) is 3.43. The summed E-state index contributed by atoms with van der Waals surface area (Å²) in [6.45, 7) is 4.25. The minimum Gasteiger partial charge on any atom is -0.462 e. The molecule has 2 aromatic heterocycles. The van der Waals surface area contributed by atoms with Gasteiger partial charge >= 0.3 is 13.7 Å². The smallest absolute Gasteiger partial charge is 0.459 e. The highest BCUT2D eigenvalue weighted by Gasteiger charge is 2.56. The SMILES string of the molecule is C#C[C@@]1(O)[C@H](O)[C@@H](CO[P@@](=O)(N[C@@H](C)C(=O)OC(C)C)Oc2ccccc2)O[C@H]1n1ccc2c(N)ncnc21. The number of aliphatic hydroxyl groups excluding tert-OH is 1. The van der Waals surface area contributed by atoms with Crippen LogP contribution in [0, 0.1) is 12.3 Å². The zero-order chi connectivity index (χ0) is 28.4. The maximum absolute atomic E-state index is 13.8. The number of hydrogen-bond donors (Lipinski definition) is 4. The van der Waals surface area contributed by atoms with Gasteiger partial charge in [0.25, 0.3) is 0 Å². The monoisotopic (exact) mass is 559 g/mol. The molecule has 0 unspecified atom stereocenters. The first-order valence-electron chi connectivity index (χ1n) is 12.1. The Morgan fingerprint density at radius 3 is 2.69 bits per heavy atom. The number of benzene rings is 1. The summed E-state index contributed by atoms with van der Waals surface area (Å²) < 4.78 is 37.5. The van der Waals surface area contributed by atoms with E-state index in [1.165, 1.54) is 24.0 Å². The number of nitrogens with zero attached hydrogens (tertiary/aromatic N) is 3. The highest BCUT2D eigenvalue weighted by molar-refractivity contribution is 7.52. The number of aromatic nitrogens is 3. The molecule has 39 heavy (non-hydrogen) atoms. The number of nitrogens with one attached hydrogen (secondary N) is 1. The number of rotatable bonds is 10. The van der Waals surface area contributed by atoms with Crippen molar-refractivity contribution in [2.75, 3.05) is 12.3 Å². The van der Waals surface area contributed by atoms with E-state index in [9.17, 15) is 19.6 Å². The Bertz CT molecular complexity index is 1410. The van der Waals surface area contributed by atoms with Crippen LogP contribution >= 0.6 is 7.75 Å². The van der Waals surface area contributed by atoms with E-state index in [0.717, 1.165) is 0 Å². The Labute approximate surface area is 224 Å². The molecule has 0 spiro atoms. The summed E-state index contributed by atoms with van der Waals surface area (Å²) in [7, 11) is -4.27. The first kappa shape index (κ1) is 28.5. The predicted molar refractivity (Wildman–Crippen MR) is 140 cm³/mol. The van der Waals surface area contributed by atoms with Crippen molar-refractivity contribution in [2.24, 2.45) is 0 Å². The number of para-hydroxylation sites is 1. The summed E-state index contributed by atoms with van der Waals surface area (Å²) in [6.07, 6.45) is 3.75. The molecule has 13 nitrogen and oxygen atoms in total. The van der Waals surface area contributed by atoms with Crippen molar-refractivity contribution in [1.82, 2.24) is 19.6 Å². The maximum Gasteiger partial charge on any atom is 0.459 e. The number of carbonyl (C=O) groups excluding carboxylic acids is 1. The van der Waals surface area contributed by atoms with Gasteiger partial charge in [-0.25, -0.2) is 14.5 Å². The van der Waals surface area contributed by atoms with E-state index in [1.807, 2.05) is 0 Å².